The summed E-state index contributed by atoms with van der Waals surface area (Å²) in [6.45, 7) is 6.54. The van der Waals surface area contributed by atoms with Gasteiger partial charge in [-0.1, -0.05) is 25.5 Å². The monoisotopic (exact) mass is 355 g/mol. The molecule has 142 valence electrons. The minimum absolute atomic E-state index is 0.0689. The first-order valence-electron chi connectivity index (χ1n) is 10.6. The van der Waals surface area contributed by atoms with Crippen LogP contribution < -0.4 is 0 Å². The molecule has 3 fully saturated rings. The van der Waals surface area contributed by atoms with Crippen LogP contribution in [-0.2, 0) is 4.79 Å². The average Bonchev–Trinajstić information content (AvgIpc) is 2.88. The zero-order chi connectivity index (χ0) is 18.7. The standard InChI is InChI=1S/C23H33NO2/c1-14(25)21-15(8-11-24)12-20-18-5-4-16-13-17(26)6-9-22(16,2)19(18)7-10-23(20,21)3/h4,15,17-21,26H,5-10,12-13H2,1-3H3/t15-,17+,18-,19+,20+,21+,22+,23+/m1/s1. The highest BCUT2D eigenvalue weighted by atomic mass is 16.3. The molecule has 0 spiro atoms. The zero-order valence-electron chi connectivity index (χ0n) is 16.5. The van der Waals surface area contributed by atoms with Gasteiger partial charge in [-0.15, -0.1) is 0 Å². The van der Waals surface area contributed by atoms with E-state index >= 15 is 0 Å². The lowest BCUT2D eigenvalue weighted by Gasteiger charge is -2.57. The lowest BCUT2D eigenvalue weighted by Crippen LogP contribution is -2.51. The minimum atomic E-state index is -0.159. The van der Waals surface area contributed by atoms with Gasteiger partial charge in [0.1, 0.15) is 5.78 Å². The molecule has 3 saturated carbocycles. The molecular weight excluding hydrogens is 322 g/mol. The number of nitrogens with zero attached hydrogens (tertiary/aromatic N) is 1. The average molecular weight is 356 g/mol. The van der Waals surface area contributed by atoms with Crippen molar-refractivity contribution >= 4 is 5.78 Å². The van der Waals surface area contributed by atoms with E-state index in [1.54, 1.807) is 6.92 Å². The van der Waals surface area contributed by atoms with Gasteiger partial charge in [0.25, 0.3) is 0 Å². The molecule has 3 nitrogen and oxygen atoms in total. The Labute approximate surface area is 157 Å². The molecule has 0 saturated heterocycles. The molecule has 0 aliphatic heterocycles. The van der Waals surface area contributed by atoms with E-state index in [9.17, 15) is 15.2 Å². The van der Waals surface area contributed by atoms with Crippen LogP contribution in [0.2, 0.25) is 0 Å². The maximum atomic E-state index is 12.5. The van der Waals surface area contributed by atoms with Crippen LogP contribution in [-0.4, -0.2) is 17.0 Å². The summed E-state index contributed by atoms with van der Waals surface area (Å²) in [4.78, 5) is 12.5. The number of aliphatic hydroxyl groups excluding tert-OH is 1. The molecule has 4 aliphatic carbocycles. The first kappa shape index (κ1) is 18.2. The molecule has 0 radical (unpaired) electrons. The first-order chi connectivity index (χ1) is 12.3. The summed E-state index contributed by atoms with van der Waals surface area (Å²) in [5.41, 5.74) is 1.81. The number of hydrogen-bond acceptors (Lipinski definition) is 3. The third-order valence-electron chi connectivity index (χ3n) is 9.05. The smallest absolute Gasteiger partial charge is 0.133 e. The highest BCUT2D eigenvalue weighted by Gasteiger charge is 2.61. The number of rotatable bonds is 2. The molecule has 0 aromatic heterocycles. The zero-order valence-corrected chi connectivity index (χ0v) is 16.5. The fourth-order valence-electron chi connectivity index (χ4n) is 7.94. The Morgan fingerprint density at radius 3 is 2.77 bits per heavy atom. The molecule has 0 unspecified atom stereocenters. The summed E-state index contributed by atoms with van der Waals surface area (Å²) in [6.07, 6.45) is 10.2. The SMILES string of the molecule is CC(=O)[C@H]1[C@H](CC#N)C[C@H]2[C@@H]3CC=C4C[C@@H](O)CC[C@]4(C)[C@H]3CC[C@@]21C. The van der Waals surface area contributed by atoms with Gasteiger partial charge in [-0.3, -0.25) is 4.79 Å². The maximum absolute atomic E-state index is 12.5. The lowest BCUT2D eigenvalue weighted by molar-refractivity contribution is -0.128. The number of aliphatic hydroxyl groups is 1. The minimum Gasteiger partial charge on any atom is -0.393 e. The highest BCUT2D eigenvalue weighted by Crippen LogP contribution is 2.67. The number of carbonyl (C=O) groups is 1. The number of carbonyl (C=O) groups excluding carboxylic acids is 1. The molecule has 1 N–H and O–H groups in total. The Morgan fingerprint density at radius 1 is 1.31 bits per heavy atom. The molecule has 8 atom stereocenters. The van der Waals surface area contributed by atoms with Crippen LogP contribution in [0.5, 0.6) is 0 Å². The second kappa shape index (κ2) is 6.20. The van der Waals surface area contributed by atoms with Crippen molar-refractivity contribution in [3.63, 3.8) is 0 Å². The Balaban J connectivity index is 1.68. The van der Waals surface area contributed by atoms with Crippen molar-refractivity contribution in [2.45, 2.75) is 78.2 Å². The van der Waals surface area contributed by atoms with Crippen molar-refractivity contribution < 1.29 is 9.90 Å². The van der Waals surface area contributed by atoms with Gasteiger partial charge in [0.15, 0.2) is 0 Å². The Bertz CT molecular complexity index is 676. The Morgan fingerprint density at radius 2 is 2.08 bits per heavy atom. The summed E-state index contributed by atoms with van der Waals surface area (Å²) < 4.78 is 0. The largest absolute Gasteiger partial charge is 0.393 e. The number of fused-ring (bicyclic) bond motifs is 5. The molecule has 4 rings (SSSR count). The highest BCUT2D eigenvalue weighted by molar-refractivity contribution is 5.80. The van der Waals surface area contributed by atoms with E-state index in [1.165, 1.54) is 12.0 Å². The van der Waals surface area contributed by atoms with Crippen molar-refractivity contribution in [3.8, 4) is 6.07 Å². The third-order valence-corrected chi connectivity index (χ3v) is 9.05. The number of Topliss-reactive ketones (excluding diaryl/α,β-unsaturated/α-hetero) is 1. The van der Waals surface area contributed by atoms with Gasteiger partial charge in [-0.05, 0) is 86.4 Å². The van der Waals surface area contributed by atoms with Crippen LogP contribution in [0.15, 0.2) is 11.6 Å². The van der Waals surface area contributed by atoms with Crippen LogP contribution in [0.25, 0.3) is 0 Å². The summed E-state index contributed by atoms with van der Waals surface area (Å²) in [7, 11) is 0. The van der Waals surface area contributed by atoms with Crippen molar-refractivity contribution in [1.29, 1.82) is 5.26 Å². The number of nitriles is 1. The Hall–Kier alpha value is -1.14. The van der Waals surface area contributed by atoms with Crippen LogP contribution in [0, 0.1) is 51.8 Å². The molecule has 26 heavy (non-hydrogen) atoms. The topological polar surface area (TPSA) is 61.1 Å². The van der Waals surface area contributed by atoms with Gasteiger partial charge >= 0.3 is 0 Å². The van der Waals surface area contributed by atoms with E-state index in [4.69, 9.17) is 0 Å². The van der Waals surface area contributed by atoms with Crippen LogP contribution in [0.1, 0.15) is 72.1 Å². The van der Waals surface area contributed by atoms with Crippen molar-refractivity contribution in [1.82, 2.24) is 0 Å². The third kappa shape index (κ3) is 2.44. The van der Waals surface area contributed by atoms with E-state index < -0.39 is 0 Å². The second-order valence-corrected chi connectivity index (χ2v) is 10.1. The fraction of sp³-hybridized carbons (Fsp3) is 0.826. The molecule has 4 aliphatic rings. The molecule has 3 heteroatoms. The molecule has 0 aromatic rings. The van der Waals surface area contributed by atoms with Gasteiger partial charge in [0.05, 0.1) is 12.2 Å². The first-order valence-corrected chi connectivity index (χ1v) is 10.6. The number of hydrogen-bond donors (Lipinski definition) is 1. The quantitative estimate of drug-likeness (QED) is 0.733. The number of ketones is 1. The normalized spacial score (nSPS) is 50.0. The van der Waals surface area contributed by atoms with Crippen molar-refractivity contribution in [3.05, 3.63) is 11.6 Å². The predicted molar refractivity (Wildman–Crippen MR) is 101 cm³/mol. The fourth-order valence-corrected chi connectivity index (χ4v) is 7.94. The van der Waals surface area contributed by atoms with Gasteiger partial charge < -0.3 is 5.11 Å². The van der Waals surface area contributed by atoms with Gasteiger partial charge in [-0.25, -0.2) is 0 Å². The van der Waals surface area contributed by atoms with E-state index in [2.05, 4.69) is 26.0 Å². The van der Waals surface area contributed by atoms with Gasteiger partial charge in [0.2, 0.25) is 0 Å². The van der Waals surface area contributed by atoms with Crippen molar-refractivity contribution in [2.75, 3.05) is 0 Å². The molecule has 0 bridgehead atoms. The molecule has 0 aromatic carbocycles. The van der Waals surface area contributed by atoms with Gasteiger partial charge in [-0.2, -0.15) is 5.26 Å². The maximum Gasteiger partial charge on any atom is 0.133 e. The van der Waals surface area contributed by atoms with E-state index in [1.807, 2.05) is 0 Å². The number of allylic oxidation sites excluding steroid dienone is 1. The van der Waals surface area contributed by atoms with E-state index in [-0.39, 0.29) is 28.8 Å². The molecule has 0 amide bonds. The van der Waals surface area contributed by atoms with Crippen molar-refractivity contribution in [2.24, 2.45) is 40.4 Å². The van der Waals surface area contributed by atoms with E-state index in [0.717, 1.165) is 38.5 Å². The molecular formula is C23H33NO2. The predicted octanol–water partition coefficient (Wildman–Crippen LogP) is 4.66. The summed E-state index contributed by atoms with van der Waals surface area (Å²) >= 11 is 0. The Kier molecular flexibility index (Phi) is 4.35. The van der Waals surface area contributed by atoms with Gasteiger partial charge in [0, 0.05) is 12.3 Å². The van der Waals surface area contributed by atoms with Crippen LogP contribution >= 0.6 is 0 Å². The lowest BCUT2D eigenvalue weighted by atomic mass is 9.47. The summed E-state index contributed by atoms with van der Waals surface area (Å²) in [5, 5.41) is 19.4. The summed E-state index contributed by atoms with van der Waals surface area (Å²) in [6, 6.07) is 2.36. The summed E-state index contributed by atoms with van der Waals surface area (Å²) in [5.74, 6) is 2.50. The van der Waals surface area contributed by atoms with Crippen LogP contribution in [0.3, 0.4) is 0 Å². The van der Waals surface area contributed by atoms with Crippen LogP contribution in [0.4, 0.5) is 0 Å². The van der Waals surface area contributed by atoms with E-state index in [0.29, 0.717) is 30.0 Å². The molecule has 0 heterocycles. The second-order valence-electron chi connectivity index (χ2n) is 10.1.